The fraction of sp³-hybridized carbons (Fsp3) is 0.375. The Labute approximate surface area is 192 Å². The number of likely N-dealkylation sites (N-methyl/N-ethyl adjacent to an activating group) is 1. The molecule has 0 atom stereocenters. The second kappa shape index (κ2) is 10.1. The zero-order valence-electron chi connectivity index (χ0n) is 18.6. The highest BCUT2D eigenvalue weighted by molar-refractivity contribution is 7.09. The van der Waals surface area contributed by atoms with E-state index >= 15 is 0 Å². The van der Waals surface area contributed by atoms with Crippen LogP contribution >= 0.6 is 11.3 Å². The van der Waals surface area contributed by atoms with Gasteiger partial charge in [0.25, 0.3) is 0 Å². The van der Waals surface area contributed by atoms with Crippen LogP contribution in [0.25, 0.3) is 10.9 Å². The van der Waals surface area contributed by atoms with Gasteiger partial charge in [-0.15, -0.1) is 11.3 Å². The Kier molecular flexibility index (Phi) is 7.02. The van der Waals surface area contributed by atoms with E-state index < -0.39 is 0 Å². The third-order valence-electron chi connectivity index (χ3n) is 5.73. The first-order valence-electron chi connectivity index (χ1n) is 10.9. The number of hydrogen-bond donors (Lipinski definition) is 2. The fourth-order valence-electron chi connectivity index (χ4n) is 3.79. The molecule has 0 radical (unpaired) electrons. The number of benzene rings is 1. The number of fused-ring (bicyclic) bond motifs is 1. The highest BCUT2D eigenvalue weighted by Gasteiger charge is 2.17. The van der Waals surface area contributed by atoms with E-state index in [1.807, 2.05) is 35.7 Å². The van der Waals surface area contributed by atoms with E-state index in [9.17, 15) is 9.59 Å². The Morgan fingerprint density at radius 2 is 1.84 bits per heavy atom. The summed E-state index contributed by atoms with van der Waals surface area (Å²) in [7, 11) is 2.14. The standard InChI is InChI=1S/C24H29N5O2S/c1-17-14-22(29-11-9-28(2)10-12-29)27-21-6-5-18(15-20(17)21)26-24(31)8-7-23(30)25-16-19-4-3-13-32-19/h3-6,13-15H,7-12,16H2,1-2H3,(H,25,30)(H,26,31). The molecule has 2 aromatic heterocycles. The summed E-state index contributed by atoms with van der Waals surface area (Å²) < 4.78 is 0. The molecular formula is C24H29N5O2S. The van der Waals surface area contributed by atoms with Crippen LogP contribution < -0.4 is 15.5 Å². The average molecular weight is 452 g/mol. The van der Waals surface area contributed by atoms with Gasteiger partial charge in [0.15, 0.2) is 0 Å². The molecule has 0 aliphatic carbocycles. The number of carbonyl (C=O) groups excluding carboxylic acids is 2. The van der Waals surface area contributed by atoms with E-state index in [4.69, 9.17) is 4.98 Å². The van der Waals surface area contributed by atoms with Crippen LogP contribution in [0.3, 0.4) is 0 Å². The topological polar surface area (TPSA) is 77.6 Å². The molecule has 1 aliphatic rings. The van der Waals surface area contributed by atoms with E-state index in [1.165, 1.54) is 0 Å². The van der Waals surface area contributed by atoms with Crippen molar-refractivity contribution >= 4 is 45.6 Å². The SMILES string of the molecule is Cc1cc(N2CCN(C)CC2)nc2ccc(NC(=O)CCC(=O)NCc3cccs3)cc12. The molecule has 32 heavy (non-hydrogen) atoms. The lowest BCUT2D eigenvalue weighted by Crippen LogP contribution is -2.44. The summed E-state index contributed by atoms with van der Waals surface area (Å²) >= 11 is 1.60. The van der Waals surface area contributed by atoms with Gasteiger partial charge in [-0.3, -0.25) is 9.59 Å². The zero-order chi connectivity index (χ0) is 22.5. The Bertz CT molecular complexity index is 1090. The summed E-state index contributed by atoms with van der Waals surface area (Å²) in [4.78, 5) is 34.9. The number of anilines is 2. The van der Waals surface area contributed by atoms with Gasteiger partial charge < -0.3 is 20.4 Å². The summed E-state index contributed by atoms with van der Waals surface area (Å²) in [6, 6.07) is 11.8. The lowest BCUT2D eigenvalue weighted by Gasteiger charge is -2.33. The molecule has 8 heteroatoms. The summed E-state index contributed by atoms with van der Waals surface area (Å²) in [5.41, 5.74) is 2.77. The molecule has 7 nitrogen and oxygen atoms in total. The number of pyridine rings is 1. The normalized spacial score (nSPS) is 14.5. The van der Waals surface area contributed by atoms with Gasteiger partial charge in [-0.25, -0.2) is 4.98 Å². The number of aryl methyl sites for hydroxylation is 1. The van der Waals surface area contributed by atoms with Gasteiger partial charge >= 0.3 is 0 Å². The van der Waals surface area contributed by atoms with Gasteiger partial charge in [0, 0.05) is 55.0 Å². The van der Waals surface area contributed by atoms with Crippen molar-refractivity contribution in [2.24, 2.45) is 0 Å². The van der Waals surface area contributed by atoms with Crippen LogP contribution in [0, 0.1) is 6.92 Å². The van der Waals surface area contributed by atoms with Crippen LogP contribution in [0.15, 0.2) is 41.8 Å². The third-order valence-corrected chi connectivity index (χ3v) is 6.61. The molecule has 0 unspecified atom stereocenters. The molecule has 2 amide bonds. The lowest BCUT2D eigenvalue weighted by molar-refractivity contribution is -0.124. The second-order valence-electron chi connectivity index (χ2n) is 8.22. The molecule has 0 saturated carbocycles. The van der Waals surface area contributed by atoms with Crippen molar-refractivity contribution in [2.45, 2.75) is 26.3 Å². The van der Waals surface area contributed by atoms with Crippen LogP contribution in [-0.2, 0) is 16.1 Å². The number of thiophene rings is 1. The molecule has 2 N–H and O–H groups in total. The molecular weight excluding hydrogens is 422 g/mol. The minimum absolute atomic E-state index is 0.122. The van der Waals surface area contributed by atoms with Crippen LogP contribution in [0.2, 0.25) is 0 Å². The van der Waals surface area contributed by atoms with Gasteiger partial charge in [-0.05, 0) is 55.2 Å². The Morgan fingerprint density at radius 3 is 2.59 bits per heavy atom. The van der Waals surface area contributed by atoms with Crippen LogP contribution in [-0.4, -0.2) is 54.9 Å². The van der Waals surface area contributed by atoms with E-state index in [1.54, 1.807) is 11.3 Å². The Hall–Kier alpha value is -2.97. The Morgan fingerprint density at radius 1 is 1.06 bits per heavy atom. The van der Waals surface area contributed by atoms with E-state index in [0.29, 0.717) is 6.54 Å². The average Bonchev–Trinajstić information content (AvgIpc) is 3.31. The molecule has 0 bridgehead atoms. The van der Waals surface area contributed by atoms with Crippen LogP contribution in [0.5, 0.6) is 0 Å². The van der Waals surface area contributed by atoms with Crippen molar-refractivity contribution in [1.82, 2.24) is 15.2 Å². The number of aromatic nitrogens is 1. The van der Waals surface area contributed by atoms with Gasteiger partial charge in [-0.1, -0.05) is 6.07 Å². The summed E-state index contributed by atoms with van der Waals surface area (Å²) in [5.74, 6) is 0.715. The van der Waals surface area contributed by atoms with Crippen LogP contribution in [0.1, 0.15) is 23.3 Å². The number of amides is 2. The molecule has 1 saturated heterocycles. The molecule has 1 fully saturated rings. The number of nitrogens with zero attached hydrogens (tertiary/aromatic N) is 3. The maximum Gasteiger partial charge on any atom is 0.224 e. The predicted molar refractivity (Wildman–Crippen MR) is 130 cm³/mol. The smallest absolute Gasteiger partial charge is 0.224 e. The van der Waals surface area contributed by atoms with Gasteiger partial charge in [0.1, 0.15) is 5.82 Å². The minimum atomic E-state index is -0.171. The largest absolute Gasteiger partial charge is 0.354 e. The monoisotopic (exact) mass is 451 g/mol. The highest BCUT2D eigenvalue weighted by Crippen LogP contribution is 2.26. The van der Waals surface area contributed by atoms with Crippen LogP contribution in [0.4, 0.5) is 11.5 Å². The second-order valence-corrected chi connectivity index (χ2v) is 9.26. The first-order chi connectivity index (χ1) is 15.5. The van der Waals surface area contributed by atoms with Crippen molar-refractivity contribution < 1.29 is 9.59 Å². The predicted octanol–water partition coefficient (Wildman–Crippen LogP) is 3.39. The van der Waals surface area contributed by atoms with Crippen molar-refractivity contribution in [3.05, 3.63) is 52.2 Å². The maximum atomic E-state index is 12.3. The summed E-state index contributed by atoms with van der Waals surface area (Å²) in [6.45, 7) is 6.61. The molecule has 1 aromatic carbocycles. The molecule has 3 aromatic rings. The number of carbonyl (C=O) groups is 2. The van der Waals surface area contributed by atoms with E-state index in [2.05, 4.69) is 40.5 Å². The minimum Gasteiger partial charge on any atom is -0.354 e. The lowest BCUT2D eigenvalue weighted by atomic mass is 10.1. The first kappa shape index (κ1) is 22.2. The molecule has 168 valence electrons. The van der Waals surface area contributed by atoms with Crippen molar-refractivity contribution in [1.29, 1.82) is 0 Å². The fourth-order valence-corrected chi connectivity index (χ4v) is 4.43. The number of piperazine rings is 1. The van der Waals surface area contributed by atoms with Crippen molar-refractivity contribution in [3.63, 3.8) is 0 Å². The quantitative estimate of drug-likeness (QED) is 0.576. The molecule has 1 aliphatic heterocycles. The molecule has 0 spiro atoms. The van der Waals surface area contributed by atoms with Gasteiger partial charge in [-0.2, -0.15) is 0 Å². The zero-order valence-corrected chi connectivity index (χ0v) is 19.4. The van der Waals surface area contributed by atoms with Gasteiger partial charge in [0.05, 0.1) is 12.1 Å². The van der Waals surface area contributed by atoms with Crippen molar-refractivity contribution in [2.75, 3.05) is 43.4 Å². The Balaban J connectivity index is 1.34. The number of nitrogens with one attached hydrogen (secondary N) is 2. The number of hydrogen-bond acceptors (Lipinski definition) is 6. The highest BCUT2D eigenvalue weighted by atomic mass is 32.1. The summed E-state index contributed by atoms with van der Waals surface area (Å²) in [6.07, 6.45) is 0.313. The maximum absolute atomic E-state index is 12.3. The summed E-state index contributed by atoms with van der Waals surface area (Å²) in [5, 5.41) is 8.75. The van der Waals surface area contributed by atoms with E-state index in [-0.39, 0.29) is 24.7 Å². The van der Waals surface area contributed by atoms with E-state index in [0.717, 1.165) is 59.0 Å². The molecule has 3 heterocycles. The number of rotatable bonds is 7. The third kappa shape index (κ3) is 5.63. The van der Waals surface area contributed by atoms with Gasteiger partial charge in [0.2, 0.25) is 11.8 Å². The first-order valence-corrected chi connectivity index (χ1v) is 11.8. The molecule has 4 rings (SSSR count). The van der Waals surface area contributed by atoms with Crippen molar-refractivity contribution in [3.8, 4) is 0 Å².